The number of hydrogen-bond acceptors (Lipinski definition) is 7. The van der Waals surface area contributed by atoms with E-state index in [-0.39, 0.29) is 5.97 Å². The van der Waals surface area contributed by atoms with Gasteiger partial charge in [0.1, 0.15) is 5.76 Å². The zero-order valence-electron chi connectivity index (χ0n) is 17.4. The number of thiazole rings is 1. The summed E-state index contributed by atoms with van der Waals surface area (Å²) in [5, 5.41) is 2.76. The summed E-state index contributed by atoms with van der Waals surface area (Å²) < 4.78 is 21.7. The van der Waals surface area contributed by atoms with Crippen molar-refractivity contribution in [3.8, 4) is 44.8 Å². The number of furan rings is 1. The third-order valence-corrected chi connectivity index (χ3v) is 5.54. The van der Waals surface area contributed by atoms with Crippen molar-refractivity contribution in [2.45, 2.75) is 6.92 Å². The van der Waals surface area contributed by atoms with E-state index in [0.29, 0.717) is 35.2 Å². The van der Waals surface area contributed by atoms with Gasteiger partial charge < -0.3 is 18.6 Å². The molecule has 0 saturated heterocycles. The van der Waals surface area contributed by atoms with Crippen molar-refractivity contribution in [3.63, 3.8) is 0 Å². The standard InChI is InChI=1S/C24H21NO5S/c1-4-29-24(26)16-7-5-15(6-8-16)19-11-12-21(30-19)23-25-18(14-31-23)17-9-10-20(27-2)22(13-17)28-3/h5-14H,4H2,1-3H3. The molecule has 2 aromatic heterocycles. The molecule has 0 unspecified atom stereocenters. The third kappa shape index (κ3) is 4.32. The highest BCUT2D eigenvalue weighted by Gasteiger charge is 2.14. The second-order valence-corrected chi connectivity index (χ2v) is 7.43. The van der Waals surface area contributed by atoms with Crippen LogP contribution in [0.1, 0.15) is 17.3 Å². The Hall–Kier alpha value is -3.58. The lowest BCUT2D eigenvalue weighted by Gasteiger charge is -2.08. The van der Waals surface area contributed by atoms with Crippen LogP contribution in [0.2, 0.25) is 0 Å². The molecule has 0 saturated carbocycles. The van der Waals surface area contributed by atoms with Crippen molar-refractivity contribution in [2.24, 2.45) is 0 Å². The maximum atomic E-state index is 11.8. The lowest BCUT2D eigenvalue weighted by Crippen LogP contribution is -2.03. The van der Waals surface area contributed by atoms with Crippen molar-refractivity contribution >= 4 is 17.3 Å². The predicted octanol–water partition coefficient (Wildman–Crippen LogP) is 5.93. The van der Waals surface area contributed by atoms with Crippen LogP contribution >= 0.6 is 11.3 Å². The summed E-state index contributed by atoms with van der Waals surface area (Å²) in [6.07, 6.45) is 0. The maximum absolute atomic E-state index is 11.8. The number of aromatic nitrogens is 1. The summed E-state index contributed by atoms with van der Waals surface area (Å²) in [7, 11) is 3.22. The summed E-state index contributed by atoms with van der Waals surface area (Å²) in [6, 6.07) is 16.6. The quantitative estimate of drug-likeness (QED) is 0.335. The van der Waals surface area contributed by atoms with E-state index in [9.17, 15) is 4.79 Å². The molecule has 2 aromatic carbocycles. The molecule has 0 radical (unpaired) electrons. The summed E-state index contributed by atoms with van der Waals surface area (Å²) in [5.41, 5.74) is 3.15. The summed E-state index contributed by atoms with van der Waals surface area (Å²) in [6.45, 7) is 2.13. The SMILES string of the molecule is CCOC(=O)c1ccc(-c2ccc(-c3nc(-c4ccc(OC)c(OC)c4)cs3)o2)cc1. The lowest BCUT2D eigenvalue weighted by atomic mass is 10.1. The minimum Gasteiger partial charge on any atom is -0.493 e. The first-order valence-corrected chi connectivity index (χ1v) is 10.6. The van der Waals surface area contributed by atoms with Crippen LogP contribution in [0.4, 0.5) is 0 Å². The Morgan fingerprint density at radius 1 is 0.935 bits per heavy atom. The Labute approximate surface area is 184 Å². The first kappa shape index (κ1) is 20.7. The van der Waals surface area contributed by atoms with Crippen LogP contribution < -0.4 is 9.47 Å². The first-order valence-electron chi connectivity index (χ1n) is 9.68. The summed E-state index contributed by atoms with van der Waals surface area (Å²) >= 11 is 1.50. The van der Waals surface area contributed by atoms with Crippen LogP contribution in [-0.2, 0) is 4.74 Å². The second kappa shape index (κ2) is 9.06. The highest BCUT2D eigenvalue weighted by molar-refractivity contribution is 7.13. The summed E-state index contributed by atoms with van der Waals surface area (Å²) in [4.78, 5) is 16.5. The van der Waals surface area contributed by atoms with Gasteiger partial charge in [-0.1, -0.05) is 12.1 Å². The molecule has 0 N–H and O–H groups in total. The van der Waals surface area contributed by atoms with Gasteiger partial charge in [-0.3, -0.25) is 0 Å². The molecule has 0 spiro atoms. The average molecular weight is 436 g/mol. The molecule has 6 nitrogen and oxygen atoms in total. The van der Waals surface area contributed by atoms with Gasteiger partial charge >= 0.3 is 5.97 Å². The van der Waals surface area contributed by atoms with Gasteiger partial charge in [0.2, 0.25) is 0 Å². The molecular formula is C24H21NO5S. The van der Waals surface area contributed by atoms with E-state index in [0.717, 1.165) is 21.8 Å². The highest BCUT2D eigenvalue weighted by Crippen LogP contribution is 2.36. The number of nitrogens with zero attached hydrogens (tertiary/aromatic N) is 1. The van der Waals surface area contributed by atoms with Gasteiger partial charge in [-0.25, -0.2) is 9.78 Å². The Bertz CT molecular complexity index is 1190. The Kier molecular flexibility index (Phi) is 6.04. The molecule has 4 rings (SSSR count). The zero-order valence-corrected chi connectivity index (χ0v) is 18.2. The molecular weight excluding hydrogens is 414 g/mol. The molecule has 4 aromatic rings. The van der Waals surface area contributed by atoms with Gasteiger partial charge in [0.15, 0.2) is 22.3 Å². The minimum absolute atomic E-state index is 0.334. The topological polar surface area (TPSA) is 70.8 Å². The number of rotatable bonds is 7. The van der Waals surface area contributed by atoms with Crippen LogP contribution in [0.5, 0.6) is 11.5 Å². The minimum atomic E-state index is -0.334. The molecule has 0 atom stereocenters. The first-order chi connectivity index (χ1) is 15.1. The number of esters is 1. The number of benzene rings is 2. The van der Waals surface area contributed by atoms with E-state index >= 15 is 0 Å². The molecule has 158 valence electrons. The Balaban J connectivity index is 1.55. The van der Waals surface area contributed by atoms with Crippen molar-refractivity contribution in [1.29, 1.82) is 0 Å². The van der Waals surface area contributed by atoms with E-state index < -0.39 is 0 Å². The van der Waals surface area contributed by atoms with Crippen LogP contribution in [0, 0.1) is 0 Å². The fourth-order valence-electron chi connectivity index (χ4n) is 3.11. The molecule has 2 heterocycles. The lowest BCUT2D eigenvalue weighted by molar-refractivity contribution is 0.0526. The van der Waals surface area contributed by atoms with Crippen LogP contribution in [0.25, 0.3) is 33.3 Å². The average Bonchev–Trinajstić information content (AvgIpc) is 3.49. The van der Waals surface area contributed by atoms with E-state index in [1.165, 1.54) is 11.3 Å². The van der Waals surface area contributed by atoms with Gasteiger partial charge in [0.05, 0.1) is 32.1 Å². The monoisotopic (exact) mass is 435 g/mol. The van der Waals surface area contributed by atoms with E-state index in [1.54, 1.807) is 33.3 Å². The number of hydrogen-bond donors (Lipinski definition) is 0. The van der Waals surface area contributed by atoms with E-state index in [4.69, 9.17) is 23.6 Å². The van der Waals surface area contributed by atoms with Gasteiger partial charge in [-0.2, -0.15) is 0 Å². The van der Waals surface area contributed by atoms with E-state index in [2.05, 4.69) is 0 Å². The van der Waals surface area contributed by atoms with Crippen molar-refractivity contribution < 1.29 is 23.4 Å². The van der Waals surface area contributed by atoms with Crippen LogP contribution in [-0.4, -0.2) is 31.8 Å². The smallest absolute Gasteiger partial charge is 0.338 e. The summed E-state index contributed by atoms with van der Waals surface area (Å²) in [5.74, 6) is 2.38. The van der Waals surface area contributed by atoms with Crippen molar-refractivity contribution in [3.05, 3.63) is 65.5 Å². The Morgan fingerprint density at radius 2 is 1.65 bits per heavy atom. The van der Waals surface area contributed by atoms with Crippen LogP contribution in [0.15, 0.2) is 64.4 Å². The fraction of sp³-hybridized carbons (Fsp3) is 0.167. The molecule has 0 aliphatic heterocycles. The molecule has 0 bridgehead atoms. The van der Waals surface area contributed by atoms with Crippen molar-refractivity contribution in [1.82, 2.24) is 4.98 Å². The van der Waals surface area contributed by atoms with Crippen molar-refractivity contribution in [2.75, 3.05) is 20.8 Å². The highest BCUT2D eigenvalue weighted by atomic mass is 32.1. The predicted molar refractivity (Wildman–Crippen MR) is 120 cm³/mol. The molecule has 0 aliphatic carbocycles. The number of carbonyl (C=O) groups is 1. The van der Waals surface area contributed by atoms with E-state index in [1.807, 2.05) is 47.8 Å². The fourth-order valence-corrected chi connectivity index (χ4v) is 3.90. The zero-order chi connectivity index (χ0) is 21.8. The van der Waals surface area contributed by atoms with Crippen LogP contribution in [0.3, 0.4) is 0 Å². The second-order valence-electron chi connectivity index (χ2n) is 6.57. The largest absolute Gasteiger partial charge is 0.493 e. The number of carbonyl (C=O) groups excluding carboxylic acids is 1. The Morgan fingerprint density at radius 3 is 2.35 bits per heavy atom. The van der Waals surface area contributed by atoms with Gasteiger partial charge in [-0.15, -0.1) is 11.3 Å². The number of ether oxygens (including phenoxy) is 3. The third-order valence-electron chi connectivity index (χ3n) is 4.68. The molecule has 0 amide bonds. The molecule has 7 heteroatoms. The maximum Gasteiger partial charge on any atom is 0.338 e. The molecule has 0 fully saturated rings. The normalized spacial score (nSPS) is 10.7. The van der Waals surface area contributed by atoms with Gasteiger partial charge in [0.25, 0.3) is 0 Å². The van der Waals surface area contributed by atoms with Gasteiger partial charge in [-0.05, 0) is 49.4 Å². The number of methoxy groups -OCH3 is 2. The molecule has 0 aliphatic rings. The van der Waals surface area contributed by atoms with Gasteiger partial charge in [0, 0.05) is 16.5 Å². The molecule has 31 heavy (non-hydrogen) atoms.